The van der Waals surface area contributed by atoms with E-state index in [-0.39, 0.29) is 18.6 Å². The van der Waals surface area contributed by atoms with Gasteiger partial charge in [-0.3, -0.25) is 4.79 Å². The first-order valence-electron chi connectivity index (χ1n) is 6.96. The average molecular weight is 258 g/mol. The van der Waals surface area contributed by atoms with Crippen LogP contribution < -0.4 is 10.6 Å². The molecule has 1 atom stereocenters. The molecule has 1 aliphatic rings. The summed E-state index contributed by atoms with van der Waals surface area (Å²) in [6.45, 7) is 3.40. The largest absolute Gasteiger partial charge is 0.394 e. The van der Waals surface area contributed by atoms with Crippen molar-refractivity contribution in [3.63, 3.8) is 0 Å². The molecule has 1 fully saturated rings. The summed E-state index contributed by atoms with van der Waals surface area (Å²) < 4.78 is 5.12. The zero-order chi connectivity index (χ0) is 13.2. The Labute approximate surface area is 109 Å². The first-order chi connectivity index (χ1) is 8.74. The van der Waals surface area contributed by atoms with E-state index in [1.54, 1.807) is 0 Å². The van der Waals surface area contributed by atoms with Crippen LogP contribution in [0.4, 0.5) is 0 Å². The van der Waals surface area contributed by atoms with E-state index in [1.165, 1.54) is 19.3 Å². The van der Waals surface area contributed by atoms with Gasteiger partial charge >= 0.3 is 0 Å². The number of aliphatic hydroxyl groups excluding tert-OH is 1. The molecule has 0 radical (unpaired) electrons. The molecule has 1 saturated carbocycles. The maximum atomic E-state index is 11.9. The fourth-order valence-electron chi connectivity index (χ4n) is 2.18. The van der Waals surface area contributed by atoms with Gasteiger partial charge in [-0.2, -0.15) is 0 Å². The fraction of sp³-hybridized carbons (Fsp3) is 0.923. The summed E-state index contributed by atoms with van der Waals surface area (Å²) in [5.74, 6) is 0.0732. The quantitative estimate of drug-likeness (QED) is 0.552. The van der Waals surface area contributed by atoms with Crippen LogP contribution in [0.5, 0.6) is 0 Å². The summed E-state index contributed by atoms with van der Waals surface area (Å²) >= 11 is 0. The van der Waals surface area contributed by atoms with Gasteiger partial charge in [0.25, 0.3) is 0 Å². The number of aliphatic hydroxyl groups is 1. The van der Waals surface area contributed by atoms with Gasteiger partial charge in [0.05, 0.1) is 25.9 Å². The molecule has 1 rings (SSSR count). The van der Waals surface area contributed by atoms with Crippen LogP contribution in [0.3, 0.4) is 0 Å². The molecule has 3 N–H and O–H groups in total. The molecule has 5 heteroatoms. The summed E-state index contributed by atoms with van der Waals surface area (Å²) in [7, 11) is 0. The fourth-order valence-corrected chi connectivity index (χ4v) is 2.18. The van der Waals surface area contributed by atoms with Gasteiger partial charge in [-0.15, -0.1) is 0 Å². The molecule has 0 aromatic heterocycles. The Bertz CT molecular complexity index is 230. The number of hydrogen-bond acceptors (Lipinski definition) is 4. The van der Waals surface area contributed by atoms with Crippen molar-refractivity contribution < 1.29 is 14.6 Å². The van der Waals surface area contributed by atoms with Gasteiger partial charge in [-0.25, -0.2) is 0 Å². The number of rotatable bonds is 8. The topological polar surface area (TPSA) is 70.6 Å². The molecule has 1 unspecified atom stereocenters. The van der Waals surface area contributed by atoms with Crippen LogP contribution in [0.15, 0.2) is 0 Å². The Balaban J connectivity index is 2.08. The number of nitrogens with one attached hydrogen (secondary N) is 2. The van der Waals surface area contributed by atoms with Gasteiger partial charge in [-0.1, -0.05) is 19.3 Å². The zero-order valence-corrected chi connectivity index (χ0v) is 11.3. The summed E-state index contributed by atoms with van der Waals surface area (Å²) in [5.41, 5.74) is 0. The minimum absolute atomic E-state index is 0.0394. The molecule has 0 aliphatic heterocycles. The van der Waals surface area contributed by atoms with Gasteiger partial charge in [0, 0.05) is 12.6 Å². The van der Waals surface area contributed by atoms with Crippen molar-refractivity contribution >= 4 is 5.91 Å². The summed E-state index contributed by atoms with van der Waals surface area (Å²) in [6.07, 6.45) is 5.96. The lowest BCUT2D eigenvalue weighted by Crippen LogP contribution is -2.47. The molecule has 0 bridgehead atoms. The summed E-state index contributed by atoms with van der Waals surface area (Å²) in [5, 5.41) is 14.7. The van der Waals surface area contributed by atoms with Crippen LogP contribution in [0.2, 0.25) is 0 Å². The molecule has 0 saturated heterocycles. The Morgan fingerprint density at radius 3 is 2.72 bits per heavy atom. The lowest BCUT2D eigenvalue weighted by Gasteiger charge is -2.24. The molecule has 1 aliphatic carbocycles. The first kappa shape index (κ1) is 15.4. The molecule has 0 heterocycles. The smallest absolute Gasteiger partial charge is 0.237 e. The second kappa shape index (κ2) is 9.30. The van der Waals surface area contributed by atoms with E-state index < -0.39 is 0 Å². The second-order valence-corrected chi connectivity index (χ2v) is 4.86. The minimum Gasteiger partial charge on any atom is -0.394 e. The van der Waals surface area contributed by atoms with Crippen molar-refractivity contribution in [1.29, 1.82) is 0 Å². The van der Waals surface area contributed by atoms with Crippen LogP contribution in [0.1, 0.15) is 39.0 Å². The summed E-state index contributed by atoms with van der Waals surface area (Å²) in [6, 6.07) is 0.172. The van der Waals surface area contributed by atoms with E-state index in [9.17, 15) is 4.79 Å². The number of ether oxygens (including phenoxy) is 1. The van der Waals surface area contributed by atoms with E-state index in [4.69, 9.17) is 9.84 Å². The predicted octanol–water partition coefficient (Wildman–Crippen LogP) is 0.422. The van der Waals surface area contributed by atoms with Crippen molar-refractivity contribution in [3.05, 3.63) is 0 Å². The second-order valence-electron chi connectivity index (χ2n) is 4.86. The molecular formula is C13H26N2O3. The SMILES string of the molecule is CC(NCCOCCO)C(=O)NC1CCCCC1. The van der Waals surface area contributed by atoms with Gasteiger partial charge in [0.2, 0.25) is 5.91 Å². The van der Waals surface area contributed by atoms with Crippen LogP contribution in [-0.2, 0) is 9.53 Å². The highest BCUT2D eigenvalue weighted by Gasteiger charge is 2.18. The molecule has 5 nitrogen and oxygen atoms in total. The number of carbonyl (C=O) groups excluding carboxylic acids is 1. The Hall–Kier alpha value is -0.650. The van der Waals surface area contributed by atoms with E-state index in [0.29, 0.717) is 25.8 Å². The molecule has 18 heavy (non-hydrogen) atoms. The van der Waals surface area contributed by atoms with Crippen LogP contribution in [0, 0.1) is 0 Å². The minimum atomic E-state index is -0.190. The first-order valence-corrected chi connectivity index (χ1v) is 6.96. The van der Waals surface area contributed by atoms with E-state index in [0.717, 1.165) is 12.8 Å². The molecule has 0 aromatic carbocycles. The van der Waals surface area contributed by atoms with Crippen molar-refractivity contribution in [2.75, 3.05) is 26.4 Å². The molecular weight excluding hydrogens is 232 g/mol. The van der Waals surface area contributed by atoms with Crippen molar-refractivity contribution in [2.24, 2.45) is 0 Å². The van der Waals surface area contributed by atoms with Gasteiger partial charge < -0.3 is 20.5 Å². The number of hydrogen-bond donors (Lipinski definition) is 3. The Kier molecular flexibility index (Phi) is 7.96. The highest BCUT2D eigenvalue weighted by molar-refractivity contribution is 5.81. The van der Waals surface area contributed by atoms with E-state index in [1.807, 2.05) is 6.92 Å². The maximum Gasteiger partial charge on any atom is 0.237 e. The Morgan fingerprint density at radius 2 is 2.06 bits per heavy atom. The van der Waals surface area contributed by atoms with Crippen LogP contribution >= 0.6 is 0 Å². The zero-order valence-electron chi connectivity index (χ0n) is 11.3. The van der Waals surface area contributed by atoms with Crippen molar-refractivity contribution in [3.8, 4) is 0 Å². The van der Waals surface area contributed by atoms with E-state index in [2.05, 4.69) is 10.6 Å². The highest BCUT2D eigenvalue weighted by atomic mass is 16.5. The normalized spacial score (nSPS) is 18.6. The molecule has 0 aromatic rings. The van der Waals surface area contributed by atoms with Crippen LogP contribution in [-0.4, -0.2) is 49.5 Å². The lowest BCUT2D eigenvalue weighted by molar-refractivity contribution is -0.123. The summed E-state index contributed by atoms with van der Waals surface area (Å²) in [4.78, 5) is 11.9. The highest BCUT2D eigenvalue weighted by Crippen LogP contribution is 2.17. The standard InChI is InChI=1S/C13H26N2O3/c1-11(14-7-9-18-10-8-16)13(17)15-12-5-3-2-4-6-12/h11-12,14,16H,2-10H2,1H3,(H,15,17). The van der Waals surface area contributed by atoms with Gasteiger partial charge in [-0.05, 0) is 19.8 Å². The van der Waals surface area contributed by atoms with Gasteiger partial charge in [0.1, 0.15) is 0 Å². The average Bonchev–Trinajstić information content (AvgIpc) is 2.39. The monoisotopic (exact) mass is 258 g/mol. The van der Waals surface area contributed by atoms with Crippen LogP contribution in [0.25, 0.3) is 0 Å². The molecule has 0 spiro atoms. The molecule has 1 amide bonds. The van der Waals surface area contributed by atoms with Gasteiger partial charge in [0.15, 0.2) is 0 Å². The third kappa shape index (κ3) is 6.33. The predicted molar refractivity (Wildman–Crippen MR) is 70.4 cm³/mol. The maximum absolute atomic E-state index is 11.9. The molecule has 106 valence electrons. The number of carbonyl (C=O) groups is 1. The lowest BCUT2D eigenvalue weighted by atomic mass is 9.95. The van der Waals surface area contributed by atoms with Crippen molar-refractivity contribution in [2.45, 2.75) is 51.1 Å². The Morgan fingerprint density at radius 1 is 1.33 bits per heavy atom. The third-order valence-electron chi connectivity index (χ3n) is 3.28. The van der Waals surface area contributed by atoms with Crippen molar-refractivity contribution in [1.82, 2.24) is 10.6 Å². The third-order valence-corrected chi connectivity index (χ3v) is 3.28. The van der Waals surface area contributed by atoms with E-state index >= 15 is 0 Å². The number of amides is 1.